The predicted molar refractivity (Wildman–Crippen MR) is 84.3 cm³/mol. The van der Waals surface area contributed by atoms with Gasteiger partial charge in [0.1, 0.15) is 0 Å². The maximum absolute atomic E-state index is 12.0. The standard InChI is InChI=1S/C17H18N2O3/c1-11-5-12(2)7-14(6-11)19-17(20)18-9-13-3-4-15-16(8-13)22-10-21-15/h3-8H,9-10H2,1-2H3,(H2,18,19,20). The van der Waals surface area contributed by atoms with Gasteiger partial charge in [-0.05, 0) is 54.8 Å². The molecule has 0 aromatic heterocycles. The molecule has 0 radical (unpaired) electrons. The largest absolute Gasteiger partial charge is 0.454 e. The molecule has 3 rings (SSSR count). The van der Waals surface area contributed by atoms with Gasteiger partial charge in [-0.3, -0.25) is 0 Å². The maximum Gasteiger partial charge on any atom is 0.319 e. The van der Waals surface area contributed by atoms with E-state index in [9.17, 15) is 4.79 Å². The van der Waals surface area contributed by atoms with E-state index in [-0.39, 0.29) is 12.8 Å². The zero-order chi connectivity index (χ0) is 15.5. The Bertz CT molecular complexity index is 693. The van der Waals surface area contributed by atoms with Crippen LogP contribution in [0.15, 0.2) is 36.4 Å². The Labute approximate surface area is 129 Å². The summed E-state index contributed by atoms with van der Waals surface area (Å²) in [5.74, 6) is 1.46. The highest BCUT2D eigenvalue weighted by atomic mass is 16.7. The molecular weight excluding hydrogens is 280 g/mol. The third-order valence-corrected chi connectivity index (χ3v) is 3.37. The summed E-state index contributed by atoms with van der Waals surface area (Å²) in [5.41, 5.74) is 3.98. The first-order chi connectivity index (χ1) is 10.6. The summed E-state index contributed by atoms with van der Waals surface area (Å²) in [6, 6.07) is 11.3. The zero-order valence-electron chi connectivity index (χ0n) is 12.6. The Morgan fingerprint density at radius 1 is 1.05 bits per heavy atom. The van der Waals surface area contributed by atoms with Gasteiger partial charge in [0.15, 0.2) is 11.5 Å². The topological polar surface area (TPSA) is 59.6 Å². The van der Waals surface area contributed by atoms with Gasteiger partial charge in [0.2, 0.25) is 6.79 Å². The highest BCUT2D eigenvalue weighted by Crippen LogP contribution is 2.32. The molecule has 1 aliphatic rings. The summed E-state index contributed by atoms with van der Waals surface area (Å²) in [4.78, 5) is 12.0. The van der Waals surface area contributed by atoms with Crippen LogP contribution in [0.25, 0.3) is 0 Å². The number of hydrogen-bond acceptors (Lipinski definition) is 3. The van der Waals surface area contributed by atoms with Gasteiger partial charge in [-0.15, -0.1) is 0 Å². The van der Waals surface area contributed by atoms with Crippen LogP contribution < -0.4 is 20.1 Å². The van der Waals surface area contributed by atoms with Gasteiger partial charge in [0.25, 0.3) is 0 Å². The average molecular weight is 298 g/mol. The molecule has 2 amide bonds. The van der Waals surface area contributed by atoms with Gasteiger partial charge >= 0.3 is 6.03 Å². The third-order valence-electron chi connectivity index (χ3n) is 3.37. The van der Waals surface area contributed by atoms with Crippen LogP contribution in [-0.2, 0) is 6.54 Å². The molecular formula is C17H18N2O3. The van der Waals surface area contributed by atoms with Gasteiger partial charge in [-0.1, -0.05) is 12.1 Å². The highest BCUT2D eigenvalue weighted by molar-refractivity contribution is 5.89. The number of hydrogen-bond donors (Lipinski definition) is 2. The number of aryl methyl sites for hydroxylation is 2. The fourth-order valence-electron chi connectivity index (χ4n) is 2.46. The maximum atomic E-state index is 12.0. The van der Waals surface area contributed by atoms with Crippen LogP contribution in [0.4, 0.5) is 10.5 Å². The monoisotopic (exact) mass is 298 g/mol. The van der Waals surface area contributed by atoms with Crippen molar-refractivity contribution in [2.45, 2.75) is 20.4 Å². The van der Waals surface area contributed by atoms with Gasteiger partial charge < -0.3 is 20.1 Å². The molecule has 5 heteroatoms. The predicted octanol–water partition coefficient (Wildman–Crippen LogP) is 3.35. The van der Waals surface area contributed by atoms with E-state index in [4.69, 9.17) is 9.47 Å². The Morgan fingerprint density at radius 3 is 2.55 bits per heavy atom. The lowest BCUT2D eigenvalue weighted by molar-refractivity contribution is 0.174. The van der Waals surface area contributed by atoms with E-state index >= 15 is 0 Å². The summed E-state index contributed by atoms with van der Waals surface area (Å²) in [7, 11) is 0. The lowest BCUT2D eigenvalue weighted by Gasteiger charge is -2.09. The number of amides is 2. The molecule has 0 saturated carbocycles. The van der Waals surface area contributed by atoms with Crippen molar-refractivity contribution >= 4 is 11.7 Å². The van der Waals surface area contributed by atoms with Crippen molar-refractivity contribution < 1.29 is 14.3 Å². The van der Waals surface area contributed by atoms with E-state index in [1.165, 1.54) is 0 Å². The number of urea groups is 1. The summed E-state index contributed by atoms with van der Waals surface area (Å²) >= 11 is 0. The molecule has 0 aliphatic carbocycles. The first-order valence-corrected chi connectivity index (χ1v) is 7.12. The molecule has 22 heavy (non-hydrogen) atoms. The number of ether oxygens (including phenoxy) is 2. The number of nitrogens with one attached hydrogen (secondary N) is 2. The smallest absolute Gasteiger partial charge is 0.319 e. The highest BCUT2D eigenvalue weighted by Gasteiger charge is 2.13. The summed E-state index contributed by atoms with van der Waals surface area (Å²) < 4.78 is 10.6. The van der Waals surface area contributed by atoms with Crippen LogP contribution in [0, 0.1) is 13.8 Å². The molecule has 2 aromatic rings. The number of anilines is 1. The first-order valence-electron chi connectivity index (χ1n) is 7.12. The molecule has 1 aliphatic heterocycles. The Morgan fingerprint density at radius 2 is 1.77 bits per heavy atom. The van der Waals surface area contributed by atoms with E-state index in [0.29, 0.717) is 12.3 Å². The van der Waals surface area contributed by atoms with E-state index in [2.05, 4.69) is 16.7 Å². The van der Waals surface area contributed by atoms with Crippen LogP contribution in [-0.4, -0.2) is 12.8 Å². The molecule has 5 nitrogen and oxygen atoms in total. The minimum atomic E-state index is -0.234. The molecule has 0 bridgehead atoms. The van der Waals surface area contributed by atoms with Crippen molar-refractivity contribution in [3.63, 3.8) is 0 Å². The molecule has 0 fully saturated rings. The van der Waals surface area contributed by atoms with Gasteiger partial charge in [0.05, 0.1) is 0 Å². The Hall–Kier alpha value is -2.69. The normalized spacial score (nSPS) is 12.1. The second-order valence-electron chi connectivity index (χ2n) is 5.37. The van der Waals surface area contributed by atoms with E-state index in [1.807, 2.05) is 44.2 Å². The van der Waals surface area contributed by atoms with Crippen molar-refractivity contribution in [1.29, 1.82) is 0 Å². The number of carbonyl (C=O) groups excluding carboxylic acids is 1. The molecule has 0 spiro atoms. The molecule has 1 heterocycles. The summed E-state index contributed by atoms with van der Waals surface area (Å²) in [6.45, 7) is 4.68. The fourth-order valence-corrected chi connectivity index (χ4v) is 2.46. The minimum Gasteiger partial charge on any atom is -0.454 e. The quantitative estimate of drug-likeness (QED) is 0.913. The molecule has 2 aromatic carbocycles. The Kier molecular flexibility index (Phi) is 3.87. The molecule has 0 unspecified atom stereocenters. The zero-order valence-corrected chi connectivity index (χ0v) is 12.6. The summed E-state index contributed by atoms with van der Waals surface area (Å²) in [6.07, 6.45) is 0. The number of benzene rings is 2. The second-order valence-corrected chi connectivity index (χ2v) is 5.37. The number of rotatable bonds is 3. The average Bonchev–Trinajstić information content (AvgIpc) is 2.91. The first kappa shape index (κ1) is 14.3. The Balaban J connectivity index is 1.58. The van der Waals surface area contributed by atoms with Crippen molar-refractivity contribution in [3.8, 4) is 11.5 Å². The lowest BCUT2D eigenvalue weighted by atomic mass is 10.1. The lowest BCUT2D eigenvalue weighted by Crippen LogP contribution is -2.28. The van der Waals surface area contributed by atoms with E-state index in [0.717, 1.165) is 28.1 Å². The van der Waals surface area contributed by atoms with Crippen molar-refractivity contribution in [2.24, 2.45) is 0 Å². The van der Waals surface area contributed by atoms with Crippen molar-refractivity contribution in [2.75, 3.05) is 12.1 Å². The number of carbonyl (C=O) groups is 1. The molecule has 114 valence electrons. The van der Waals surface area contributed by atoms with Crippen molar-refractivity contribution in [3.05, 3.63) is 53.1 Å². The van der Waals surface area contributed by atoms with Gasteiger partial charge in [-0.25, -0.2) is 4.79 Å². The van der Waals surface area contributed by atoms with Crippen LogP contribution in [0.3, 0.4) is 0 Å². The van der Waals surface area contributed by atoms with Crippen LogP contribution in [0.1, 0.15) is 16.7 Å². The van der Waals surface area contributed by atoms with Gasteiger partial charge in [0, 0.05) is 12.2 Å². The van der Waals surface area contributed by atoms with E-state index in [1.54, 1.807) is 0 Å². The summed E-state index contributed by atoms with van der Waals surface area (Å²) in [5, 5.41) is 5.67. The minimum absolute atomic E-state index is 0.234. The SMILES string of the molecule is Cc1cc(C)cc(NC(=O)NCc2ccc3c(c2)OCO3)c1. The molecule has 0 saturated heterocycles. The number of fused-ring (bicyclic) bond motifs is 1. The molecule has 0 atom stereocenters. The third kappa shape index (κ3) is 3.31. The van der Waals surface area contributed by atoms with Crippen LogP contribution in [0.5, 0.6) is 11.5 Å². The molecule has 2 N–H and O–H groups in total. The van der Waals surface area contributed by atoms with E-state index < -0.39 is 0 Å². The second kappa shape index (κ2) is 5.97. The van der Waals surface area contributed by atoms with Crippen molar-refractivity contribution in [1.82, 2.24) is 5.32 Å². The van der Waals surface area contributed by atoms with Crippen LogP contribution >= 0.6 is 0 Å². The fraction of sp³-hybridized carbons (Fsp3) is 0.235. The van der Waals surface area contributed by atoms with Gasteiger partial charge in [-0.2, -0.15) is 0 Å². The van der Waals surface area contributed by atoms with Crippen LogP contribution in [0.2, 0.25) is 0 Å².